The molecule has 1 aromatic heterocycles. The number of hydrogen-bond donors (Lipinski definition) is 1. The van der Waals surface area contributed by atoms with E-state index in [9.17, 15) is 13.2 Å². The van der Waals surface area contributed by atoms with Crippen LogP contribution in [0.1, 0.15) is 18.3 Å². The maximum absolute atomic E-state index is 12.2. The van der Waals surface area contributed by atoms with Crippen LogP contribution in [-0.2, 0) is 13.0 Å². The molecule has 3 nitrogen and oxygen atoms in total. The van der Waals surface area contributed by atoms with E-state index >= 15 is 0 Å². The second-order valence-electron chi connectivity index (χ2n) is 3.42. The van der Waals surface area contributed by atoms with E-state index in [4.69, 9.17) is 5.11 Å². The van der Waals surface area contributed by atoms with Gasteiger partial charge in [0.1, 0.15) is 0 Å². The molecule has 1 heterocycles. The van der Waals surface area contributed by atoms with Crippen LogP contribution in [0.15, 0.2) is 4.47 Å². The van der Waals surface area contributed by atoms with Gasteiger partial charge in [0.25, 0.3) is 0 Å². The number of aryl methyl sites for hydroxylation is 2. The number of aliphatic hydroxyl groups is 1. The molecule has 0 aliphatic rings. The summed E-state index contributed by atoms with van der Waals surface area (Å²) in [5.41, 5.74) is 0.982. The number of alkyl halides is 3. The number of aliphatic hydroxyl groups excluding tert-OH is 1. The third-order valence-corrected chi connectivity index (χ3v) is 3.25. The summed E-state index contributed by atoms with van der Waals surface area (Å²) < 4.78 is 38.6. The Morgan fingerprint density at radius 1 is 1.50 bits per heavy atom. The zero-order valence-electron chi connectivity index (χ0n) is 8.85. The van der Waals surface area contributed by atoms with Crippen LogP contribution in [0.3, 0.4) is 0 Å². The Hall–Kier alpha value is -0.560. The highest BCUT2D eigenvalue weighted by atomic mass is 79.9. The predicted molar refractivity (Wildman–Crippen MR) is 56.1 cm³/mol. The molecule has 0 bridgehead atoms. The van der Waals surface area contributed by atoms with Crippen molar-refractivity contribution in [3.63, 3.8) is 0 Å². The molecule has 1 N–H and O–H groups in total. The smallest absolute Gasteiger partial charge is 0.383 e. The van der Waals surface area contributed by atoms with Crippen LogP contribution in [0, 0.1) is 6.92 Å². The van der Waals surface area contributed by atoms with E-state index in [0.29, 0.717) is 22.4 Å². The van der Waals surface area contributed by atoms with E-state index in [0.717, 1.165) is 0 Å². The monoisotopic (exact) mass is 300 g/mol. The Morgan fingerprint density at radius 2 is 2.06 bits per heavy atom. The fourth-order valence-corrected chi connectivity index (χ4v) is 1.81. The van der Waals surface area contributed by atoms with Crippen molar-refractivity contribution < 1.29 is 18.3 Å². The van der Waals surface area contributed by atoms with Gasteiger partial charge in [-0.3, -0.25) is 4.68 Å². The zero-order valence-corrected chi connectivity index (χ0v) is 10.4. The van der Waals surface area contributed by atoms with Crippen LogP contribution in [-0.4, -0.2) is 27.2 Å². The average molecular weight is 301 g/mol. The predicted octanol–water partition coefficient (Wildman–Crippen LogP) is 2.44. The Kier molecular flexibility index (Phi) is 4.01. The van der Waals surface area contributed by atoms with Crippen LogP contribution < -0.4 is 0 Å². The minimum Gasteiger partial charge on any atom is -0.383 e. The summed E-state index contributed by atoms with van der Waals surface area (Å²) in [6.45, 7) is 3.94. The molecule has 0 aliphatic carbocycles. The van der Waals surface area contributed by atoms with Gasteiger partial charge in [0, 0.05) is 13.0 Å². The first-order valence-corrected chi connectivity index (χ1v) is 5.53. The third-order valence-electron chi connectivity index (χ3n) is 2.22. The van der Waals surface area contributed by atoms with E-state index in [-0.39, 0.29) is 0 Å². The Morgan fingerprint density at radius 3 is 2.50 bits per heavy atom. The van der Waals surface area contributed by atoms with Gasteiger partial charge in [-0.2, -0.15) is 18.3 Å². The Labute approximate surface area is 99.4 Å². The first kappa shape index (κ1) is 13.5. The summed E-state index contributed by atoms with van der Waals surface area (Å²) in [6, 6.07) is 0. The number of nitrogens with zero attached hydrogens (tertiary/aromatic N) is 2. The van der Waals surface area contributed by atoms with Crippen LogP contribution >= 0.6 is 15.9 Å². The fraction of sp³-hybridized carbons (Fsp3) is 0.667. The Balaban J connectivity index is 2.96. The summed E-state index contributed by atoms with van der Waals surface area (Å²) in [4.78, 5) is 0. The second-order valence-corrected chi connectivity index (χ2v) is 4.22. The van der Waals surface area contributed by atoms with Crippen molar-refractivity contribution in [2.45, 2.75) is 39.1 Å². The maximum Gasteiger partial charge on any atom is 0.414 e. The van der Waals surface area contributed by atoms with E-state index in [2.05, 4.69) is 21.0 Å². The molecule has 0 amide bonds. The van der Waals surface area contributed by atoms with Crippen LogP contribution in [0.25, 0.3) is 0 Å². The summed E-state index contributed by atoms with van der Waals surface area (Å²) in [7, 11) is 0. The van der Waals surface area contributed by atoms with Crippen molar-refractivity contribution in [3.8, 4) is 0 Å². The van der Waals surface area contributed by atoms with E-state index in [1.165, 1.54) is 4.68 Å². The van der Waals surface area contributed by atoms with Crippen molar-refractivity contribution in [2.24, 2.45) is 0 Å². The lowest BCUT2D eigenvalue weighted by atomic mass is 10.2. The molecule has 7 heteroatoms. The Bertz CT molecular complexity index is 376. The highest BCUT2D eigenvalue weighted by molar-refractivity contribution is 9.10. The first-order chi connectivity index (χ1) is 7.27. The van der Waals surface area contributed by atoms with Crippen molar-refractivity contribution in [3.05, 3.63) is 15.9 Å². The quantitative estimate of drug-likeness (QED) is 0.931. The van der Waals surface area contributed by atoms with Crippen LogP contribution in [0.4, 0.5) is 13.2 Å². The van der Waals surface area contributed by atoms with Gasteiger partial charge >= 0.3 is 6.18 Å². The van der Waals surface area contributed by atoms with E-state index in [1.54, 1.807) is 13.8 Å². The van der Waals surface area contributed by atoms with Gasteiger partial charge in [0.2, 0.25) is 0 Å². The summed E-state index contributed by atoms with van der Waals surface area (Å²) in [5, 5.41) is 13.1. The zero-order chi connectivity index (χ0) is 12.5. The molecule has 0 aliphatic heterocycles. The van der Waals surface area contributed by atoms with Crippen molar-refractivity contribution in [1.82, 2.24) is 9.78 Å². The maximum atomic E-state index is 12.2. The molecular weight excluding hydrogens is 289 g/mol. The van der Waals surface area contributed by atoms with E-state index < -0.39 is 18.7 Å². The average Bonchev–Trinajstić information content (AvgIpc) is 2.44. The van der Waals surface area contributed by atoms with Crippen molar-refractivity contribution in [1.29, 1.82) is 0 Å². The van der Waals surface area contributed by atoms with Gasteiger partial charge in [-0.05, 0) is 29.8 Å². The molecule has 1 atom stereocenters. The van der Waals surface area contributed by atoms with Gasteiger partial charge in [0.15, 0.2) is 6.10 Å². The third kappa shape index (κ3) is 2.76. The van der Waals surface area contributed by atoms with Gasteiger partial charge in [-0.15, -0.1) is 0 Å². The normalized spacial score (nSPS) is 14.2. The van der Waals surface area contributed by atoms with Gasteiger partial charge in [0.05, 0.1) is 15.9 Å². The van der Waals surface area contributed by atoms with Gasteiger partial charge < -0.3 is 5.11 Å². The SMILES string of the molecule is CCn1nc(C)c(Br)c1C[C@H](O)C(F)(F)F. The topological polar surface area (TPSA) is 38.0 Å². The standard InChI is InChI=1S/C9H12BrF3N2O/c1-3-15-6(8(10)5(2)14-15)4-7(16)9(11,12)13/h7,16H,3-4H2,1-2H3/t7-/m0/s1. The molecule has 92 valence electrons. The minimum absolute atomic E-state index is 0.366. The second kappa shape index (κ2) is 4.75. The number of halogens is 4. The lowest BCUT2D eigenvalue weighted by molar-refractivity contribution is -0.203. The fourth-order valence-electron chi connectivity index (χ4n) is 1.36. The molecular formula is C9H12BrF3N2O. The van der Waals surface area contributed by atoms with Gasteiger partial charge in [-0.25, -0.2) is 0 Å². The molecule has 0 saturated carbocycles. The van der Waals surface area contributed by atoms with Crippen LogP contribution in [0.5, 0.6) is 0 Å². The van der Waals surface area contributed by atoms with Gasteiger partial charge in [-0.1, -0.05) is 0 Å². The lowest BCUT2D eigenvalue weighted by Gasteiger charge is -2.15. The molecule has 16 heavy (non-hydrogen) atoms. The molecule has 0 saturated heterocycles. The summed E-state index contributed by atoms with van der Waals surface area (Å²) in [5.74, 6) is 0. The lowest BCUT2D eigenvalue weighted by Crippen LogP contribution is -2.31. The molecule has 1 rings (SSSR count). The highest BCUT2D eigenvalue weighted by Crippen LogP contribution is 2.27. The molecule has 0 spiro atoms. The molecule has 0 fully saturated rings. The number of hydrogen-bond acceptors (Lipinski definition) is 2. The summed E-state index contributed by atoms with van der Waals surface area (Å²) in [6.07, 6.45) is -7.44. The first-order valence-electron chi connectivity index (χ1n) is 4.74. The van der Waals surface area contributed by atoms with Crippen molar-refractivity contribution >= 4 is 15.9 Å². The number of rotatable bonds is 3. The molecule has 0 unspecified atom stereocenters. The number of aromatic nitrogens is 2. The minimum atomic E-state index is -4.60. The van der Waals surface area contributed by atoms with E-state index in [1.807, 2.05) is 0 Å². The largest absolute Gasteiger partial charge is 0.414 e. The molecule has 1 aromatic rings. The van der Waals surface area contributed by atoms with Crippen LogP contribution in [0.2, 0.25) is 0 Å². The van der Waals surface area contributed by atoms with Crippen molar-refractivity contribution in [2.75, 3.05) is 0 Å². The summed E-state index contributed by atoms with van der Waals surface area (Å²) >= 11 is 3.18. The highest BCUT2D eigenvalue weighted by Gasteiger charge is 2.39. The molecule has 0 radical (unpaired) electrons. The molecule has 0 aromatic carbocycles.